The van der Waals surface area contributed by atoms with Crippen molar-refractivity contribution in [2.24, 2.45) is 16.7 Å². The van der Waals surface area contributed by atoms with E-state index >= 15 is 4.79 Å². The Bertz CT molecular complexity index is 1990. The Morgan fingerprint density at radius 3 is 2.21 bits per heavy atom. The fourth-order valence-corrected chi connectivity index (χ4v) is 9.18. The van der Waals surface area contributed by atoms with Crippen LogP contribution >= 0.6 is 0 Å². The minimum Gasteiger partial charge on any atom is -0.456 e. The molecule has 0 unspecified atom stereocenters. The number of halogens is 3. The molecule has 0 aromatic heterocycles. The molecule has 0 radical (unpaired) electrons. The van der Waals surface area contributed by atoms with Crippen LogP contribution in [0.1, 0.15) is 78.6 Å². The summed E-state index contributed by atoms with van der Waals surface area (Å²) >= 11 is 0. The van der Waals surface area contributed by atoms with E-state index in [-0.39, 0.29) is 23.1 Å². The van der Waals surface area contributed by atoms with E-state index in [1.54, 1.807) is 5.32 Å². The van der Waals surface area contributed by atoms with Crippen molar-refractivity contribution >= 4 is 35.9 Å². The highest BCUT2D eigenvalue weighted by Gasteiger charge is 2.78. The van der Waals surface area contributed by atoms with Crippen molar-refractivity contribution in [1.29, 1.82) is 0 Å². The average Bonchev–Trinajstić information content (AvgIpc) is 3.13. The normalized spacial score (nSPS) is 32.6. The number of nitrogens with one attached hydrogen (secondary N) is 1. The third kappa shape index (κ3) is 8.30. The average molecular weight is 871 g/mol. The van der Waals surface area contributed by atoms with Crippen LogP contribution in [-0.4, -0.2) is 143 Å². The lowest BCUT2D eigenvalue weighted by atomic mass is 9.44. The van der Waals surface area contributed by atoms with E-state index in [0.29, 0.717) is 0 Å². The summed E-state index contributed by atoms with van der Waals surface area (Å²) in [6, 6.07) is 1.71. The Hall–Kier alpha value is -4.79. The molecular weight excluding hydrogens is 817 g/mol. The van der Waals surface area contributed by atoms with Crippen LogP contribution in [0.3, 0.4) is 0 Å². The number of alkyl halides is 2. The summed E-state index contributed by atoms with van der Waals surface area (Å²) in [5, 5.41) is 38.2. The molecular formula is C41H53F3N2O15. The Kier molecular flexibility index (Phi) is 12.8. The maximum absolute atomic E-state index is 15.5. The van der Waals surface area contributed by atoms with Crippen LogP contribution in [0.2, 0.25) is 0 Å². The van der Waals surface area contributed by atoms with Gasteiger partial charge in [-0.1, -0.05) is 19.9 Å². The van der Waals surface area contributed by atoms with Gasteiger partial charge in [-0.3, -0.25) is 9.59 Å². The molecule has 2 bridgehead atoms. The van der Waals surface area contributed by atoms with Gasteiger partial charge in [-0.15, -0.1) is 0 Å². The quantitative estimate of drug-likeness (QED) is 0.159. The number of fused-ring (bicyclic) bond motifs is 5. The Balaban J connectivity index is 1.76. The van der Waals surface area contributed by atoms with Crippen molar-refractivity contribution in [3.8, 4) is 0 Å². The van der Waals surface area contributed by atoms with E-state index in [0.717, 1.165) is 24.0 Å². The number of Topliss-reactive ketones (excluding diaryl/α,β-unsaturated/α-hetero) is 1. The van der Waals surface area contributed by atoms with Gasteiger partial charge in [0.05, 0.1) is 29.6 Å². The maximum Gasteiger partial charge on any atom is 0.410 e. The zero-order valence-corrected chi connectivity index (χ0v) is 35.4. The van der Waals surface area contributed by atoms with Crippen molar-refractivity contribution in [2.75, 3.05) is 20.7 Å². The predicted molar refractivity (Wildman–Crippen MR) is 202 cm³/mol. The highest BCUT2D eigenvalue weighted by molar-refractivity contribution is 5.95. The first kappa shape index (κ1) is 47.3. The number of benzene rings is 1. The SMILES string of the molecule is CC(=O)O[C@@]12CO[C@@H]1C[C@H](O)[C@@]1(C)C(=O)[C@H](OC(=O)N(C)C)C3=C(C)[C@@H](OC(=O)[C@H](O)[C@@H](NC(=O)OC(C)(C)C)C(F)F)C[C@@](O)([C@@H](OC(=O)c4cccc(F)c4)[C@H]21)C3(C)C. The molecule has 0 spiro atoms. The number of aliphatic hydroxyl groups is 3. The van der Waals surface area contributed by atoms with E-state index in [1.807, 2.05) is 0 Å². The number of hydrogen-bond acceptors (Lipinski definition) is 15. The second-order valence-electron chi connectivity index (χ2n) is 17.9. The number of carbonyl (C=O) groups excluding carboxylic acids is 6. The molecule has 17 nitrogen and oxygen atoms in total. The first-order valence-electron chi connectivity index (χ1n) is 19.5. The minimum atomic E-state index is -3.56. The Morgan fingerprint density at radius 1 is 1.05 bits per heavy atom. The van der Waals surface area contributed by atoms with Gasteiger partial charge in [0.25, 0.3) is 6.43 Å². The van der Waals surface area contributed by atoms with Gasteiger partial charge >= 0.3 is 30.1 Å². The van der Waals surface area contributed by atoms with Gasteiger partial charge in [0.1, 0.15) is 41.4 Å². The molecule has 61 heavy (non-hydrogen) atoms. The Morgan fingerprint density at radius 2 is 1.69 bits per heavy atom. The molecule has 3 aliphatic carbocycles. The lowest BCUT2D eigenvalue weighted by Crippen LogP contribution is -2.82. The summed E-state index contributed by atoms with van der Waals surface area (Å²) in [5.74, 6) is -7.52. The monoisotopic (exact) mass is 870 g/mol. The number of rotatable bonds is 9. The fourth-order valence-electron chi connectivity index (χ4n) is 9.18. The van der Waals surface area contributed by atoms with E-state index in [1.165, 1.54) is 74.7 Å². The molecule has 3 fully saturated rings. The number of ketones is 1. The van der Waals surface area contributed by atoms with Crippen molar-refractivity contribution in [1.82, 2.24) is 10.2 Å². The highest BCUT2D eigenvalue weighted by atomic mass is 19.3. The second kappa shape index (κ2) is 16.5. The van der Waals surface area contributed by atoms with Gasteiger partial charge in [-0.25, -0.2) is 32.3 Å². The first-order chi connectivity index (χ1) is 28.0. The molecule has 2 saturated carbocycles. The number of carbonyl (C=O) groups is 6. The van der Waals surface area contributed by atoms with Crippen LogP contribution in [0, 0.1) is 22.6 Å². The number of aliphatic hydroxyl groups excluding tert-OH is 2. The minimum absolute atomic E-state index is 0.0732. The fraction of sp³-hybridized carbons (Fsp3) is 0.659. The molecule has 1 aromatic carbocycles. The van der Waals surface area contributed by atoms with Gasteiger partial charge < -0.3 is 54.0 Å². The number of hydrogen-bond donors (Lipinski definition) is 4. The number of nitrogens with zero attached hydrogens (tertiary/aromatic N) is 1. The molecule has 11 atom stereocenters. The van der Waals surface area contributed by atoms with Crippen LogP contribution in [0.5, 0.6) is 0 Å². The van der Waals surface area contributed by atoms with Crippen LogP contribution in [0.15, 0.2) is 35.4 Å². The topological polar surface area (TPSA) is 234 Å². The zero-order chi connectivity index (χ0) is 45.9. The van der Waals surface area contributed by atoms with Gasteiger partial charge in [0, 0.05) is 39.3 Å². The number of alkyl carbamates (subject to hydrolysis) is 1. The lowest BCUT2D eigenvalue weighted by Gasteiger charge is -2.67. The molecule has 4 N–H and O–H groups in total. The smallest absolute Gasteiger partial charge is 0.410 e. The van der Waals surface area contributed by atoms with Gasteiger partial charge in [0.15, 0.2) is 23.6 Å². The van der Waals surface area contributed by atoms with Crippen LogP contribution in [-0.2, 0) is 42.8 Å². The number of esters is 3. The summed E-state index contributed by atoms with van der Waals surface area (Å²) in [7, 11) is 2.62. The molecule has 4 aliphatic rings. The van der Waals surface area contributed by atoms with E-state index in [9.17, 15) is 52.5 Å². The largest absolute Gasteiger partial charge is 0.456 e. The van der Waals surface area contributed by atoms with Gasteiger partial charge in [-0.05, 0) is 64.0 Å². The van der Waals surface area contributed by atoms with Crippen LogP contribution < -0.4 is 5.32 Å². The third-order valence-electron chi connectivity index (χ3n) is 12.3. The Labute approximate surface area is 349 Å². The summed E-state index contributed by atoms with van der Waals surface area (Å²) in [6.07, 6.45) is -18.7. The number of ether oxygens (including phenoxy) is 6. The summed E-state index contributed by atoms with van der Waals surface area (Å²) in [4.78, 5) is 83.1. The van der Waals surface area contributed by atoms with Crippen molar-refractivity contribution < 1.29 is 85.7 Å². The molecule has 5 rings (SSSR count). The summed E-state index contributed by atoms with van der Waals surface area (Å²) < 4.78 is 77.6. The van der Waals surface area contributed by atoms with Crippen molar-refractivity contribution in [3.63, 3.8) is 0 Å². The highest BCUT2D eigenvalue weighted by Crippen LogP contribution is 2.64. The first-order valence-corrected chi connectivity index (χ1v) is 19.5. The van der Waals surface area contributed by atoms with E-state index < -0.39 is 137 Å². The summed E-state index contributed by atoms with van der Waals surface area (Å²) in [5.41, 5.74) is -10.5. The lowest BCUT2D eigenvalue weighted by molar-refractivity contribution is -0.345. The van der Waals surface area contributed by atoms with Gasteiger partial charge in [0.2, 0.25) is 0 Å². The van der Waals surface area contributed by atoms with E-state index in [4.69, 9.17) is 28.4 Å². The van der Waals surface area contributed by atoms with Crippen molar-refractivity contribution in [3.05, 3.63) is 46.8 Å². The molecule has 20 heteroatoms. The molecule has 1 aromatic rings. The predicted octanol–water partition coefficient (Wildman–Crippen LogP) is 3.00. The molecule has 2 amide bonds. The molecule has 1 aliphatic heterocycles. The zero-order valence-electron chi connectivity index (χ0n) is 35.4. The van der Waals surface area contributed by atoms with E-state index in [2.05, 4.69) is 0 Å². The maximum atomic E-state index is 15.5. The van der Waals surface area contributed by atoms with Crippen molar-refractivity contribution in [2.45, 2.75) is 134 Å². The molecule has 1 heterocycles. The second-order valence-corrected chi connectivity index (χ2v) is 17.9. The van der Waals surface area contributed by atoms with Gasteiger partial charge in [-0.2, -0.15) is 0 Å². The van der Waals surface area contributed by atoms with Crippen LogP contribution in [0.4, 0.5) is 22.8 Å². The standard InChI is InChI=1S/C41H53F3N2O15/c1-18-22(57-34(52)27(49)26(32(43)44)45-35(53)61-37(3,4)5)16-41(55)31(59-33(51)20-12-11-13-21(42)14-20)29-39(8,23(48)15-24-40(29,17-56-24)60-19(2)47)30(50)28(25(18)38(41,6)7)58-36(54)46(9)10/h11-14,22-24,26-29,31-32,48-49,55H,15-17H2,1-10H3,(H,45,53)/t22-,23-,24+,26+,27+,28+,29-,31-,39+,40-,41+/m0/s1. The molecule has 1 saturated heterocycles. The third-order valence-corrected chi connectivity index (χ3v) is 12.3. The summed E-state index contributed by atoms with van der Waals surface area (Å²) in [6.45, 7) is 10.3. The molecule has 338 valence electrons. The van der Waals surface area contributed by atoms with Crippen LogP contribution in [0.25, 0.3) is 0 Å². The number of amides is 2.